The first-order valence-electron chi connectivity index (χ1n) is 8.82. The number of H-pyrrole nitrogens is 1. The van der Waals surface area contributed by atoms with Crippen LogP contribution in [0.5, 0.6) is 0 Å². The maximum absolute atomic E-state index is 12.1. The molecule has 1 aromatic heterocycles. The number of benzene rings is 1. The molecule has 1 fully saturated rings. The summed E-state index contributed by atoms with van der Waals surface area (Å²) in [5.74, 6) is 1.70. The Balaban J connectivity index is 2.00. The number of aryl methyl sites for hydroxylation is 1. The lowest BCUT2D eigenvalue weighted by molar-refractivity contribution is 0.687. The molecule has 1 aliphatic rings. The van der Waals surface area contributed by atoms with Crippen LogP contribution in [0.3, 0.4) is 0 Å². The van der Waals surface area contributed by atoms with Gasteiger partial charge in [0.15, 0.2) is 0 Å². The summed E-state index contributed by atoms with van der Waals surface area (Å²) >= 11 is 1.85. The zero-order chi connectivity index (χ0) is 16.9. The molecule has 0 spiro atoms. The monoisotopic (exact) mass is 339 g/mol. The molecular weight excluding hydrogens is 314 g/mol. The Morgan fingerprint density at radius 3 is 2.50 bits per heavy atom. The molecule has 3 heteroatoms. The number of thioether (sulfide) groups is 1. The minimum Gasteiger partial charge on any atom is -0.322 e. The quantitative estimate of drug-likeness (QED) is 0.738. The topological polar surface area (TPSA) is 32.9 Å². The standard InChI is InChI=1S/C21H25NOS/c1-3-24-18-11-9-17(10-12-18)19(14-16-6-4-5-7-16)20-13-8-15(2)21(23)22-20/h8-14,16H,3-7H2,1-2H3,(H,22,23)/b19-14-. The fourth-order valence-electron chi connectivity index (χ4n) is 3.30. The Morgan fingerprint density at radius 1 is 1.17 bits per heavy atom. The molecule has 0 saturated heterocycles. The zero-order valence-electron chi connectivity index (χ0n) is 14.5. The van der Waals surface area contributed by atoms with E-state index in [0.717, 1.165) is 22.6 Å². The SMILES string of the molecule is CCSc1ccc(/C(=C/C2CCCC2)c2ccc(C)c(=O)[nH]2)cc1. The van der Waals surface area contributed by atoms with Crippen LogP contribution >= 0.6 is 11.8 Å². The van der Waals surface area contributed by atoms with Crippen molar-refractivity contribution < 1.29 is 0 Å². The number of aromatic amines is 1. The summed E-state index contributed by atoms with van der Waals surface area (Å²) in [7, 11) is 0. The van der Waals surface area contributed by atoms with E-state index >= 15 is 0 Å². The Hall–Kier alpha value is -1.74. The van der Waals surface area contributed by atoms with Crippen LogP contribution in [-0.4, -0.2) is 10.7 Å². The summed E-state index contributed by atoms with van der Waals surface area (Å²) in [4.78, 5) is 16.4. The fraction of sp³-hybridized carbons (Fsp3) is 0.381. The Labute approximate surface area is 148 Å². The highest BCUT2D eigenvalue weighted by Crippen LogP contribution is 2.32. The molecule has 2 nitrogen and oxygen atoms in total. The Kier molecular flexibility index (Phi) is 5.62. The molecule has 126 valence electrons. The van der Waals surface area contributed by atoms with Crippen molar-refractivity contribution >= 4 is 17.3 Å². The van der Waals surface area contributed by atoms with Crippen LogP contribution in [0.15, 0.2) is 52.2 Å². The van der Waals surface area contributed by atoms with Crippen molar-refractivity contribution in [1.29, 1.82) is 0 Å². The second-order valence-corrected chi connectivity index (χ2v) is 7.80. The molecular formula is C21H25NOS. The number of rotatable bonds is 5. The lowest BCUT2D eigenvalue weighted by Gasteiger charge is -2.12. The van der Waals surface area contributed by atoms with Crippen LogP contribution < -0.4 is 5.56 Å². The fourth-order valence-corrected chi connectivity index (χ4v) is 3.96. The largest absolute Gasteiger partial charge is 0.322 e. The van der Waals surface area contributed by atoms with Gasteiger partial charge in [0.25, 0.3) is 5.56 Å². The number of hydrogen-bond donors (Lipinski definition) is 1. The van der Waals surface area contributed by atoms with Crippen molar-refractivity contribution in [3.8, 4) is 0 Å². The smallest absolute Gasteiger partial charge is 0.251 e. The number of aromatic nitrogens is 1. The first-order valence-corrected chi connectivity index (χ1v) is 9.81. The average molecular weight is 340 g/mol. The number of hydrogen-bond acceptors (Lipinski definition) is 2. The highest BCUT2D eigenvalue weighted by atomic mass is 32.2. The van der Waals surface area contributed by atoms with Gasteiger partial charge in [-0.1, -0.05) is 44.0 Å². The molecule has 0 aliphatic heterocycles. The molecule has 1 N–H and O–H groups in total. The van der Waals surface area contributed by atoms with Crippen LogP contribution in [0.1, 0.15) is 49.4 Å². The van der Waals surface area contributed by atoms with Crippen molar-refractivity contribution in [2.75, 3.05) is 5.75 Å². The predicted molar refractivity (Wildman–Crippen MR) is 104 cm³/mol. The van der Waals surface area contributed by atoms with Gasteiger partial charge in [-0.15, -0.1) is 11.8 Å². The summed E-state index contributed by atoms with van der Waals surface area (Å²) in [6.07, 6.45) is 7.50. The zero-order valence-corrected chi connectivity index (χ0v) is 15.3. The van der Waals surface area contributed by atoms with E-state index in [4.69, 9.17) is 0 Å². The van der Waals surface area contributed by atoms with Gasteiger partial charge >= 0.3 is 0 Å². The predicted octanol–water partition coefficient (Wildman–Crippen LogP) is 5.42. The maximum Gasteiger partial charge on any atom is 0.251 e. The molecule has 1 aliphatic carbocycles. The van der Waals surface area contributed by atoms with Crippen molar-refractivity contribution in [3.63, 3.8) is 0 Å². The van der Waals surface area contributed by atoms with Gasteiger partial charge in [-0.05, 0) is 55.2 Å². The Bertz CT molecular complexity index is 767. The summed E-state index contributed by atoms with van der Waals surface area (Å²) in [5.41, 5.74) is 4.03. The van der Waals surface area contributed by atoms with E-state index in [-0.39, 0.29) is 5.56 Å². The number of allylic oxidation sites excluding steroid dienone is 1. The summed E-state index contributed by atoms with van der Waals surface area (Å²) in [6, 6.07) is 12.7. The van der Waals surface area contributed by atoms with Gasteiger partial charge in [0.1, 0.15) is 0 Å². The molecule has 24 heavy (non-hydrogen) atoms. The summed E-state index contributed by atoms with van der Waals surface area (Å²) in [6.45, 7) is 4.01. The Morgan fingerprint density at radius 2 is 1.88 bits per heavy atom. The van der Waals surface area contributed by atoms with Gasteiger partial charge in [-0.3, -0.25) is 4.79 Å². The van der Waals surface area contributed by atoms with Gasteiger partial charge < -0.3 is 4.98 Å². The third-order valence-corrected chi connectivity index (χ3v) is 5.57. The normalized spacial score (nSPS) is 15.8. The van der Waals surface area contributed by atoms with Crippen LogP contribution in [0.25, 0.3) is 5.57 Å². The molecule has 3 rings (SSSR count). The molecule has 0 radical (unpaired) electrons. The molecule has 1 aromatic carbocycles. The average Bonchev–Trinajstić information content (AvgIpc) is 3.10. The molecule has 0 unspecified atom stereocenters. The van der Waals surface area contributed by atoms with Crippen molar-refractivity contribution in [1.82, 2.24) is 4.98 Å². The van der Waals surface area contributed by atoms with Gasteiger partial charge in [0.05, 0.1) is 0 Å². The van der Waals surface area contributed by atoms with E-state index in [1.54, 1.807) is 0 Å². The van der Waals surface area contributed by atoms with Crippen LogP contribution in [0.4, 0.5) is 0 Å². The molecule has 2 aromatic rings. The second kappa shape index (κ2) is 7.89. The van der Waals surface area contributed by atoms with E-state index in [1.165, 1.54) is 36.1 Å². The van der Waals surface area contributed by atoms with E-state index < -0.39 is 0 Å². The van der Waals surface area contributed by atoms with E-state index in [9.17, 15) is 4.79 Å². The molecule has 1 saturated carbocycles. The number of nitrogens with one attached hydrogen (secondary N) is 1. The first-order chi connectivity index (χ1) is 11.7. The van der Waals surface area contributed by atoms with Gasteiger partial charge in [-0.25, -0.2) is 0 Å². The first kappa shape index (κ1) is 17.1. The lowest BCUT2D eigenvalue weighted by atomic mass is 9.96. The lowest BCUT2D eigenvalue weighted by Crippen LogP contribution is -2.11. The third-order valence-electron chi connectivity index (χ3n) is 4.68. The minimum absolute atomic E-state index is 0.00276. The van der Waals surface area contributed by atoms with Crippen LogP contribution in [0, 0.1) is 12.8 Å². The van der Waals surface area contributed by atoms with Gasteiger partial charge in [0.2, 0.25) is 0 Å². The van der Waals surface area contributed by atoms with Crippen molar-refractivity contribution in [2.24, 2.45) is 5.92 Å². The third kappa shape index (κ3) is 4.02. The van der Waals surface area contributed by atoms with Crippen LogP contribution in [0.2, 0.25) is 0 Å². The molecule has 0 amide bonds. The van der Waals surface area contributed by atoms with E-state index in [2.05, 4.69) is 42.2 Å². The summed E-state index contributed by atoms with van der Waals surface area (Å²) < 4.78 is 0. The highest BCUT2D eigenvalue weighted by molar-refractivity contribution is 7.99. The summed E-state index contributed by atoms with van der Waals surface area (Å²) in [5, 5.41) is 0. The second-order valence-electron chi connectivity index (χ2n) is 6.47. The molecule has 1 heterocycles. The molecule has 0 bridgehead atoms. The van der Waals surface area contributed by atoms with Gasteiger partial charge in [-0.2, -0.15) is 0 Å². The molecule has 0 atom stereocenters. The van der Waals surface area contributed by atoms with Crippen molar-refractivity contribution in [3.05, 3.63) is 69.6 Å². The van der Waals surface area contributed by atoms with E-state index in [0.29, 0.717) is 5.92 Å². The van der Waals surface area contributed by atoms with Gasteiger partial charge in [0, 0.05) is 21.7 Å². The van der Waals surface area contributed by atoms with Crippen molar-refractivity contribution in [2.45, 2.75) is 44.4 Å². The number of pyridine rings is 1. The van der Waals surface area contributed by atoms with Crippen LogP contribution in [-0.2, 0) is 0 Å². The maximum atomic E-state index is 12.1. The van der Waals surface area contributed by atoms with E-state index in [1.807, 2.05) is 30.8 Å². The minimum atomic E-state index is 0.00276. The highest BCUT2D eigenvalue weighted by Gasteiger charge is 2.16.